The predicted octanol–water partition coefficient (Wildman–Crippen LogP) is 0.406. The summed E-state index contributed by atoms with van der Waals surface area (Å²) in [5.74, 6) is 0.152. The molecule has 1 fully saturated rings. The largest absolute Gasteiger partial charge is 0.396 e. The van der Waals surface area contributed by atoms with Gasteiger partial charge in [0.25, 0.3) is 0 Å². The van der Waals surface area contributed by atoms with Crippen molar-refractivity contribution in [2.24, 2.45) is 0 Å². The highest BCUT2D eigenvalue weighted by Gasteiger charge is 2.22. The van der Waals surface area contributed by atoms with Gasteiger partial charge in [-0.25, -0.2) is 0 Å². The van der Waals surface area contributed by atoms with E-state index in [4.69, 9.17) is 5.11 Å². The summed E-state index contributed by atoms with van der Waals surface area (Å²) in [4.78, 5) is 11.3. The van der Waals surface area contributed by atoms with Gasteiger partial charge < -0.3 is 15.7 Å². The fourth-order valence-corrected chi connectivity index (χ4v) is 1.46. The van der Waals surface area contributed by atoms with Crippen molar-refractivity contribution < 1.29 is 9.90 Å². The summed E-state index contributed by atoms with van der Waals surface area (Å²) in [6.07, 6.45) is 4.63. The third-order valence-electron chi connectivity index (χ3n) is 2.58. The van der Waals surface area contributed by atoms with Gasteiger partial charge in [-0.05, 0) is 32.6 Å². The van der Waals surface area contributed by atoms with Crippen molar-refractivity contribution in [2.75, 3.05) is 13.2 Å². The lowest BCUT2D eigenvalue weighted by Crippen LogP contribution is -2.32. The van der Waals surface area contributed by atoms with E-state index in [0.29, 0.717) is 18.5 Å². The fourth-order valence-electron chi connectivity index (χ4n) is 1.46. The molecule has 1 saturated carbocycles. The SMILES string of the molecule is CC(CCCO)NCCC(=O)NC1CC1. The number of hydrogen-bond donors (Lipinski definition) is 3. The fraction of sp³-hybridized carbons (Fsp3) is 0.909. The molecule has 1 rings (SSSR count). The zero-order valence-electron chi connectivity index (χ0n) is 9.46. The first-order valence-electron chi connectivity index (χ1n) is 5.86. The first kappa shape index (κ1) is 12.5. The minimum Gasteiger partial charge on any atom is -0.396 e. The number of carbonyl (C=O) groups is 1. The highest BCUT2D eigenvalue weighted by atomic mass is 16.2. The highest BCUT2D eigenvalue weighted by Crippen LogP contribution is 2.18. The first-order valence-corrected chi connectivity index (χ1v) is 5.86. The molecule has 1 aliphatic carbocycles. The summed E-state index contributed by atoms with van der Waals surface area (Å²) < 4.78 is 0. The molecule has 0 bridgehead atoms. The van der Waals surface area contributed by atoms with Crippen LogP contribution in [0.5, 0.6) is 0 Å². The Morgan fingerprint density at radius 2 is 2.27 bits per heavy atom. The van der Waals surface area contributed by atoms with E-state index in [9.17, 15) is 4.79 Å². The van der Waals surface area contributed by atoms with Crippen molar-refractivity contribution >= 4 is 5.91 Å². The van der Waals surface area contributed by atoms with Crippen LogP contribution in [0, 0.1) is 0 Å². The molecule has 0 spiro atoms. The second-order valence-electron chi connectivity index (χ2n) is 4.31. The number of amides is 1. The standard InChI is InChI=1S/C11H22N2O2/c1-9(3-2-8-14)12-7-6-11(15)13-10-4-5-10/h9-10,12,14H,2-8H2,1H3,(H,13,15). The Morgan fingerprint density at radius 1 is 1.53 bits per heavy atom. The summed E-state index contributed by atoms with van der Waals surface area (Å²) in [5, 5.41) is 14.9. The van der Waals surface area contributed by atoms with Gasteiger partial charge in [-0.2, -0.15) is 0 Å². The normalized spacial score (nSPS) is 17.5. The third kappa shape index (κ3) is 6.47. The average molecular weight is 214 g/mol. The van der Waals surface area contributed by atoms with Crippen LogP contribution < -0.4 is 10.6 Å². The molecule has 0 radical (unpaired) electrons. The second kappa shape index (κ2) is 6.80. The molecule has 88 valence electrons. The average Bonchev–Trinajstić information content (AvgIpc) is 2.98. The third-order valence-corrected chi connectivity index (χ3v) is 2.58. The molecule has 0 saturated heterocycles. The summed E-state index contributed by atoms with van der Waals surface area (Å²) in [6.45, 7) is 3.05. The number of aliphatic hydroxyl groups is 1. The van der Waals surface area contributed by atoms with Gasteiger partial charge in [0, 0.05) is 31.7 Å². The van der Waals surface area contributed by atoms with Gasteiger partial charge in [0.2, 0.25) is 5.91 Å². The molecule has 0 heterocycles. The molecule has 1 amide bonds. The Morgan fingerprint density at radius 3 is 2.87 bits per heavy atom. The Labute approximate surface area is 91.4 Å². The van der Waals surface area contributed by atoms with Crippen LogP contribution >= 0.6 is 0 Å². The van der Waals surface area contributed by atoms with Crippen molar-refractivity contribution in [3.8, 4) is 0 Å². The van der Waals surface area contributed by atoms with E-state index in [1.54, 1.807) is 0 Å². The zero-order chi connectivity index (χ0) is 11.1. The topological polar surface area (TPSA) is 61.4 Å². The monoisotopic (exact) mass is 214 g/mol. The minimum atomic E-state index is 0.152. The van der Waals surface area contributed by atoms with E-state index in [0.717, 1.165) is 32.2 Å². The van der Waals surface area contributed by atoms with Gasteiger partial charge in [-0.1, -0.05) is 0 Å². The Balaban J connectivity index is 1.92. The smallest absolute Gasteiger partial charge is 0.221 e. The van der Waals surface area contributed by atoms with Crippen LogP contribution in [-0.2, 0) is 4.79 Å². The van der Waals surface area contributed by atoms with Crippen LogP contribution in [0.3, 0.4) is 0 Å². The minimum absolute atomic E-state index is 0.152. The van der Waals surface area contributed by atoms with Crippen LogP contribution in [0.1, 0.15) is 39.0 Å². The van der Waals surface area contributed by atoms with Gasteiger partial charge in [0.15, 0.2) is 0 Å². The number of nitrogens with one attached hydrogen (secondary N) is 2. The maximum atomic E-state index is 11.3. The second-order valence-corrected chi connectivity index (χ2v) is 4.31. The molecule has 0 aromatic carbocycles. The Hall–Kier alpha value is -0.610. The molecular formula is C11H22N2O2. The lowest BCUT2D eigenvalue weighted by molar-refractivity contribution is -0.121. The molecule has 4 nitrogen and oxygen atoms in total. The van der Waals surface area contributed by atoms with Crippen LogP contribution in [0.15, 0.2) is 0 Å². The zero-order valence-corrected chi connectivity index (χ0v) is 9.46. The lowest BCUT2D eigenvalue weighted by Gasteiger charge is -2.12. The van der Waals surface area contributed by atoms with Crippen molar-refractivity contribution in [3.05, 3.63) is 0 Å². The van der Waals surface area contributed by atoms with E-state index in [-0.39, 0.29) is 12.5 Å². The van der Waals surface area contributed by atoms with Gasteiger partial charge in [0.05, 0.1) is 0 Å². The summed E-state index contributed by atoms with van der Waals surface area (Å²) in [7, 11) is 0. The molecule has 4 heteroatoms. The number of rotatable bonds is 8. The quantitative estimate of drug-likeness (QED) is 0.548. The van der Waals surface area contributed by atoms with Gasteiger partial charge in [-0.3, -0.25) is 4.79 Å². The summed E-state index contributed by atoms with van der Waals surface area (Å²) in [5.41, 5.74) is 0. The highest BCUT2D eigenvalue weighted by molar-refractivity contribution is 5.76. The van der Waals surface area contributed by atoms with Gasteiger partial charge in [-0.15, -0.1) is 0 Å². The maximum absolute atomic E-state index is 11.3. The maximum Gasteiger partial charge on any atom is 0.221 e. The summed E-state index contributed by atoms with van der Waals surface area (Å²) in [6, 6.07) is 0.843. The van der Waals surface area contributed by atoms with Crippen LogP contribution in [0.4, 0.5) is 0 Å². The molecule has 0 aromatic rings. The van der Waals surface area contributed by atoms with E-state index >= 15 is 0 Å². The summed E-state index contributed by atoms with van der Waals surface area (Å²) >= 11 is 0. The first-order chi connectivity index (χ1) is 7.22. The van der Waals surface area contributed by atoms with Crippen molar-refractivity contribution in [1.29, 1.82) is 0 Å². The Kier molecular flexibility index (Phi) is 5.65. The molecule has 1 unspecified atom stereocenters. The molecule has 0 aliphatic heterocycles. The van der Waals surface area contributed by atoms with Crippen molar-refractivity contribution in [1.82, 2.24) is 10.6 Å². The van der Waals surface area contributed by atoms with Crippen molar-refractivity contribution in [2.45, 2.75) is 51.1 Å². The van der Waals surface area contributed by atoms with Crippen LogP contribution in [0.2, 0.25) is 0 Å². The van der Waals surface area contributed by atoms with Gasteiger partial charge >= 0.3 is 0 Å². The molecule has 0 aromatic heterocycles. The number of hydrogen-bond acceptors (Lipinski definition) is 3. The van der Waals surface area contributed by atoms with Crippen LogP contribution in [0.25, 0.3) is 0 Å². The molecule has 15 heavy (non-hydrogen) atoms. The van der Waals surface area contributed by atoms with E-state index < -0.39 is 0 Å². The lowest BCUT2D eigenvalue weighted by atomic mass is 10.2. The molecule has 1 atom stereocenters. The molecule has 3 N–H and O–H groups in total. The van der Waals surface area contributed by atoms with Gasteiger partial charge in [0.1, 0.15) is 0 Å². The van der Waals surface area contributed by atoms with Crippen molar-refractivity contribution in [3.63, 3.8) is 0 Å². The van der Waals surface area contributed by atoms with E-state index in [1.165, 1.54) is 0 Å². The molecular weight excluding hydrogens is 192 g/mol. The van der Waals surface area contributed by atoms with Crippen LogP contribution in [-0.4, -0.2) is 36.2 Å². The van der Waals surface area contributed by atoms with E-state index in [2.05, 4.69) is 17.6 Å². The Bertz CT molecular complexity index is 193. The number of carbonyl (C=O) groups excluding carboxylic acids is 1. The van der Waals surface area contributed by atoms with E-state index in [1.807, 2.05) is 0 Å². The number of aliphatic hydroxyl groups excluding tert-OH is 1. The predicted molar refractivity (Wildman–Crippen MR) is 59.6 cm³/mol. The molecule has 1 aliphatic rings.